The van der Waals surface area contributed by atoms with Gasteiger partial charge in [-0.15, -0.1) is 10.2 Å². The third kappa shape index (κ3) is 2.34. The Kier molecular flexibility index (Phi) is 2.67. The molecule has 0 saturated heterocycles. The van der Waals surface area contributed by atoms with Crippen LogP contribution in [0.15, 0.2) is 29.0 Å². The quantitative estimate of drug-likeness (QED) is 0.831. The molecule has 0 unspecified atom stereocenters. The monoisotopic (exact) mass is 203 g/mol. The molecule has 0 saturated carbocycles. The summed E-state index contributed by atoms with van der Waals surface area (Å²) in [5.74, 6) is 0.593. The van der Waals surface area contributed by atoms with Crippen LogP contribution in [0.3, 0.4) is 0 Å². The fraction of sp³-hybridized carbons (Fsp3) is 0.273. The van der Waals surface area contributed by atoms with Crippen molar-refractivity contribution in [2.24, 2.45) is 0 Å². The molecule has 1 N–H and O–H groups in total. The molecule has 0 radical (unpaired) electrons. The predicted octanol–water partition coefficient (Wildman–Crippen LogP) is 2.30. The van der Waals surface area contributed by atoms with E-state index in [-0.39, 0.29) is 0 Å². The smallest absolute Gasteiger partial charge is 0.235 e. The Balaban J connectivity index is 2.07. The highest BCUT2D eigenvalue weighted by atomic mass is 16.4. The highest BCUT2D eigenvalue weighted by Crippen LogP contribution is 2.16. The molecule has 4 heteroatoms. The van der Waals surface area contributed by atoms with Gasteiger partial charge in [0, 0.05) is 5.69 Å². The number of aryl methyl sites for hydroxylation is 2. The van der Waals surface area contributed by atoms with Crippen molar-refractivity contribution in [2.75, 3.05) is 5.32 Å². The molecule has 0 atom stereocenters. The van der Waals surface area contributed by atoms with Crippen molar-refractivity contribution in [3.8, 4) is 0 Å². The van der Waals surface area contributed by atoms with Gasteiger partial charge in [0.25, 0.3) is 0 Å². The molecule has 4 nitrogen and oxygen atoms in total. The van der Waals surface area contributed by atoms with Gasteiger partial charge in [0.05, 0.1) is 6.54 Å². The van der Waals surface area contributed by atoms with E-state index in [4.69, 9.17) is 4.42 Å². The largest absolute Gasteiger partial charge is 0.426 e. The van der Waals surface area contributed by atoms with Crippen molar-refractivity contribution in [1.82, 2.24) is 10.2 Å². The number of benzene rings is 1. The summed E-state index contributed by atoms with van der Waals surface area (Å²) in [6.45, 7) is 4.69. The zero-order valence-electron chi connectivity index (χ0n) is 8.82. The molecule has 0 aliphatic carbocycles. The molecule has 2 rings (SSSR count). The maximum absolute atomic E-state index is 5.04. The Bertz CT molecular complexity index is 437. The van der Waals surface area contributed by atoms with Gasteiger partial charge >= 0.3 is 0 Å². The second-order valence-electron chi connectivity index (χ2n) is 3.50. The van der Waals surface area contributed by atoms with Crippen LogP contribution in [0.1, 0.15) is 17.0 Å². The molecule has 2 aromatic rings. The molecule has 15 heavy (non-hydrogen) atoms. The van der Waals surface area contributed by atoms with E-state index < -0.39 is 0 Å². The maximum atomic E-state index is 5.04. The van der Waals surface area contributed by atoms with Gasteiger partial charge in [0.2, 0.25) is 12.3 Å². The van der Waals surface area contributed by atoms with Gasteiger partial charge in [-0.05, 0) is 31.0 Å². The number of anilines is 1. The van der Waals surface area contributed by atoms with Gasteiger partial charge in [-0.2, -0.15) is 0 Å². The molecular formula is C11H13N3O. The predicted molar refractivity (Wildman–Crippen MR) is 57.5 cm³/mol. The minimum atomic E-state index is 0.560. The van der Waals surface area contributed by atoms with Crippen molar-refractivity contribution in [2.45, 2.75) is 20.4 Å². The number of hydrogen-bond donors (Lipinski definition) is 1. The van der Waals surface area contributed by atoms with Gasteiger partial charge < -0.3 is 9.73 Å². The average molecular weight is 203 g/mol. The Morgan fingerprint density at radius 2 is 2.20 bits per heavy atom. The summed E-state index contributed by atoms with van der Waals surface area (Å²) in [5.41, 5.74) is 3.54. The molecule has 78 valence electrons. The third-order valence-electron chi connectivity index (χ3n) is 2.23. The van der Waals surface area contributed by atoms with Crippen molar-refractivity contribution < 1.29 is 4.42 Å². The molecular weight excluding hydrogens is 190 g/mol. The Morgan fingerprint density at radius 1 is 1.33 bits per heavy atom. The standard InChI is InChI=1S/C11H13N3O/c1-8-3-4-9(2)10(5-8)12-6-11-14-13-7-15-11/h3-5,7,12H,6H2,1-2H3. The first-order valence-corrected chi connectivity index (χ1v) is 4.82. The number of nitrogens with one attached hydrogen (secondary N) is 1. The highest BCUT2D eigenvalue weighted by Gasteiger charge is 2.01. The topological polar surface area (TPSA) is 51.0 Å². The molecule has 0 fully saturated rings. The van der Waals surface area contributed by atoms with E-state index in [9.17, 15) is 0 Å². The van der Waals surface area contributed by atoms with E-state index in [1.807, 2.05) is 0 Å². The van der Waals surface area contributed by atoms with Crippen LogP contribution in [0, 0.1) is 13.8 Å². The fourth-order valence-corrected chi connectivity index (χ4v) is 1.37. The number of rotatable bonds is 3. The van der Waals surface area contributed by atoms with Crippen molar-refractivity contribution in [3.05, 3.63) is 41.6 Å². The lowest BCUT2D eigenvalue weighted by atomic mass is 10.1. The second kappa shape index (κ2) is 4.13. The van der Waals surface area contributed by atoms with E-state index in [0.717, 1.165) is 5.69 Å². The molecule has 1 aromatic carbocycles. The lowest BCUT2D eigenvalue weighted by molar-refractivity contribution is 0.502. The summed E-state index contributed by atoms with van der Waals surface area (Å²) in [6.07, 6.45) is 1.33. The minimum Gasteiger partial charge on any atom is -0.426 e. The van der Waals surface area contributed by atoms with E-state index >= 15 is 0 Å². The first-order chi connectivity index (χ1) is 7.25. The van der Waals surface area contributed by atoms with Crippen LogP contribution in [0.5, 0.6) is 0 Å². The number of hydrogen-bond acceptors (Lipinski definition) is 4. The molecule has 0 aliphatic heterocycles. The minimum absolute atomic E-state index is 0.560. The van der Waals surface area contributed by atoms with Gasteiger partial charge in [-0.1, -0.05) is 12.1 Å². The summed E-state index contributed by atoms with van der Waals surface area (Å²) in [5, 5.41) is 10.7. The first-order valence-electron chi connectivity index (χ1n) is 4.82. The van der Waals surface area contributed by atoms with Crippen LogP contribution >= 0.6 is 0 Å². The maximum Gasteiger partial charge on any atom is 0.235 e. The molecule has 1 aromatic heterocycles. The fourth-order valence-electron chi connectivity index (χ4n) is 1.37. The number of nitrogens with zero attached hydrogens (tertiary/aromatic N) is 2. The first kappa shape index (κ1) is 9.71. The average Bonchev–Trinajstić information content (AvgIpc) is 2.72. The van der Waals surface area contributed by atoms with E-state index in [1.54, 1.807) is 0 Å². The van der Waals surface area contributed by atoms with Crippen LogP contribution in [0.4, 0.5) is 5.69 Å². The van der Waals surface area contributed by atoms with Crippen LogP contribution in [-0.4, -0.2) is 10.2 Å². The third-order valence-corrected chi connectivity index (χ3v) is 2.23. The van der Waals surface area contributed by atoms with Crippen molar-refractivity contribution in [3.63, 3.8) is 0 Å². The lowest BCUT2D eigenvalue weighted by Crippen LogP contribution is -2.01. The molecule has 0 amide bonds. The van der Waals surface area contributed by atoms with E-state index in [2.05, 4.69) is 47.6 Å². The van der Waals surface area contributed by atoms with Crippen LogP contribution in [0.25, 0.3) is 0 Å². The highest BCUT2D eigenvalue weighted by molar-refractivity contribution is 5.52. The van der Waals surface area contributed by atoms with Crippen molar-refractivity contribution in [1.29, 1.82) is 0 Å². The van der Waals surface area contributed by atoms with E-state index in [1.165, 1.54) is 17.5 Å². The molecule has 1 heterocycles. The molecule has 0 spiro atoms. The summed E-state index contributed by atoms with van der Waals surface area (Å²) < 4.78 is 5.04. The zero-order valence-corrected chi connectivity index (χ0v) is 8.82. The van der Waals surface area contributed by atoms with Gasteiger partial charge in [0.1, 0.15) is 0 Å². The van der Waals surface area contributed by atoms with E-state index in [0.29, 0.717) is 12.4 Å². The van der Waals surface area contributed by atoms with Crippen LogP contribution < -0.4 is 5.32 Å². The van der Waals surface area contributed by atoms with Crippen LogP contribution in [-0.2, 0) is 6.54 Å². The SMILES string of the molecule is Cc1ccc(C)c(NCc2nnco2)c1. The van der Waals surface area contributed by atoms with Gasteiger partial charge in [-0.3, -0.25) is 0 Å². The number of aromatic nitrogens is 2. The molecule has 0 bridgehead atoms. The normalized spacial score (nSPS) is 10.3. The molecule has 0 aliphatic rings. The Morgan fingerprint density at radius 3 is 2.93 bits per heavy atom. The summed E-state index contributed by atoms with van der Waals surface area (Å²) in [4.78, 5) is 0. The summed E-state index contributed by atoms with van der Waals surface area (Å²) >= 11 is 0. The summed E-state index contributed by atoms with van der Waals surface area (Å²) in [7, 11) is 0. The van der Waals surface area contributed by atoms with Gasteiger partial charge in [-0.25, -0.2) is 0 Å². The lowest BCUT2D eigenvalue weighted by Gasteiger charge is -2.08. The van der Waals surface area contributed by atoms with Gasteiger partial charge in [0.15, 0.2) is 0 Å². The zero-order chi connectivity index (χ0) is 10.7. The summed E-state index contributed by atoms with van der Waals surface area (Å²) in [6, 6.07) is 6.28. The van der Waals surface area contributed by atoms with Crippen LogP contribution in [0.2, 0.25) is 0 Å². The Hall–Kier alpha value is -1.84. The van der Waals surface area contributed by atoms with Crippen molar-refractivity contribution >= 4 is 5.69 Å². The Labute approximate surface area is 88.3 Å². The second-order valence-corrected chi connectivity index (χ2v) is 3.50.